The lowest BCUT2D eigenvalue weighted by Gasteiger charge is -2.10. The van der Waals surface area contributed by atoms with E-state index in [1.807, 2.05) is 61.5 Å². The van der Waals surface area contributed by atoms with Gasteiger partial charge in [0, 0.05) is 12.5 Å². The minimum atomic E-state index is -0.550. The molecule has 1 aliphatic rings. The number of nitrogens with zero attached hydrogens (tertiary/aromatic N) is 2. The molecule has 0 bridgehead atoms. The molecule has 0 aromatic heterocycles. The molecule has 26 heavy (non-hydrogen) atoms. The quantitative estimate of drug-likeness (QED) is 0.616. The first-order chi connectivity index (χ1) is 12.6. The van der Waals surface area contributed by atoms with E-state index in [-0.39, 0.29) is 12.5 Å². The highest BCUT2D eigenvalue weighted by atomic mass is 16.5. The van der Waals surface area contributed by atoms with E-state index in [0.717, 1.165) is 22.4 Å². The van der Waals surface area contributed by atoms with Crippen LogP contribution in [0.2, 0.25) is 0 Å². The molecule has 0 unspecified atom stereocenters. The second kappa shape index (κ2) is 8.25. The topological polar surface area (TPSA) is 59.0 Å². The normalized spacial score (nSPS) is 13.7. The molecule has 0 N–H and O–H groups in total. The first-order valence-corrected chi connectivity index (χ1v) is 8.46. The molecule has 5 nitrogen and oxygen atoms in total. The van der Waals surface area contributed by atoms with E-state index in [9.17, 15) is 9.59 Å². The average Bonchev–Trinajstić information content (AvgIpc) is 3.15. The van der Waals surface area contributed by atoms with Gasteiger partial charge in [0.25, 0.3) is 5.91 Å². The maximum absolute atomic E-state index is 12.2. The maximum Gasteiger partial charge on any atom is 0.331 e. The molecule has 0 saturated carbocycles. The third kappa shape index (κ3) is 4.66. The van der Waals surface area contributed by atoms with Gasteiger partial charge in [0.1, 0.15) is 0 Å². The van der Waals surface area contributed by atoms with Crippen molar-refractivity contribution in [2.45, 2.75) is 13.3 Å². The van der Waals surface area contributed by atoms with Crippen LogP contribution in [-0.4, -0.2) is 35.7 Å². The number of hydrazone groups is 1. The third-order valence-electron chi connectivity index (χ3n) is 3.99. The fourth-order valence-corrected chi connectivity index (χ4v) is 2.66. The zero-order valence-electron chi connectivity index (χ0n) is 14.6. The fourth-order valence-electron chi connectivity index (χ4n) is 2.66. The van der Waals surface area contributed by atoms with Gasteiger partial charge in [-0.2, -0.15) is 5.10 Å². The summed E-state index contributed by atoms with van der Waals surface area (Å²) >= 11 is 0. The van der Waals surface area contributed by atoms with E-state index >= 15 is 0 Å². The predicted octanol–water partition coefficient (Wildman–Crippen LogP) is 3.19. The van der Waals surface area contributed by atoms with Crippen molar-refractivity contribution in [3.63, 3.8) is 0 Å². The Morgan fingerprint density at radius 3 is 2.73 bits per heavy atom. The van der Waals surface area contributed by atoms with Crippen LogP contribution in [0.1, 0.15) is 23.1 Å². The van der Waals surface area contributed by atoms with Gasteiger partial charge < -0.3 is 4.74 Å². The third-order valence-corrected chi connectivity index (χ3v) is 3.99. The summed E-state index contributed by atoms with van der Waals surface area (Å²) in [5.41, 5.74) is 3.88. The lowest BCUT2D eigenvalue weighted by Crippen LogP contribution is -2.28. The van der Waals surface area contributed by atoms with Crippen LogP contribution in [0.4, 0.5) is 0 Å². The first kappa shape index (κ1) is 17.6. The van der Waals surface area contributed by atoms with Gasteiger partial charge in [-0.1, -0.05) is 60.2 Å². The number of benzene rings is 2. The molecule has 0 saturated heterocycles. The van der Waals surface area contributed by atoms with Crippen LogP contribution in [0.5, 0.6) is 0 Å². The highest BCUT2D eigenvalue weighted by Crippen LogP contribution is 2.13. The maximum atomic E-state index is 12.2. The Morgan fingerprint density at radius 1 is 1.15 bits per heavy atom. The average molecular weight is 348 g/mol. The summed E-state index contributed by atoms with van der Waals surface area (Å²) in [6.45, 7) is 2.16. The Morgan fingerprint density at radius 2 is 1.96 bits per heavy atom. The fraction of sp³-hybridized carbons (Fsp3) is 0.190. The van der Waals surface area contributed by atoms with Crippen molar-refractivity contribution in [1.82, 2.24) is 5.01 Å². The minimum Gasteiger partial charge on any atom is -0.452 e. The van der Waals surface area contributed by atoms with Crippen molar-refractivity contribution in [3.05, 3.63) is 77.4 Å². The molecule has 1 amide bonds. The van der Waals surface area contributed by atoms with Gasteiger partial charge >= 0.3 is 5.97 Å². The summed E-state index contributed by atoms with van der Waals surface area (Å²) in [5, 5.41) is 5.69. The Balaban J connectivity index is 1.51. The summed E-state index contributed by atoms with van der Waals surface area (Å²) < 4.78 is 5.02. The SMILES string of the molecule is Cc1cccc(/C=C/C(=O)OCC(=O)N2CCC(c3ccccc3)=N2)c1. The number of aryl methyl sites for hydroxylation is 1. The molecule has 2 aromatic carbocycles. The second-order valence-electron chi connectivity index (χ2n) is 6.03. The van der Waals surface area contributed by atoms with Crippen molar-refractivity contribution < 1.29 is 14.3 Å². The molecule has 2 aromatic rings. The van der Waals surface area contributed by atoms with Crippen molar-refractivity contribution in [3.8, 4) is 0 Å². The van der Waals surface area contributed by atoms with E-state index < -0.39 is 5.97 Å². The molecule has 1 heterocycles. The summed E-state index contributed by atoms with van der Waals surface area (Å²) in [6, 6.07) is 17.5. The summed E-state index contributed by atoms with van der Waals surface area (Å²) in [7, 11) is 0. The lowest BCUT2D eigenvalue weighted by molar-refractivity contribution is -0.147. The van der Waals surface area contributed by atoms with Crippen molar-refractivity contribution in [2.75, 3.05) is 13.2 Å². The van der Waals surface area contributed by atoms with Gasteiger partial charge in [0.2, 0.25) is 0 Å². The molecule has 0 radical (unpaired) electrons. The zero-order valence-corrected chi connectivity index (χ0v) is 14.6. The molecule has 0 atom stereocenters. The van der Waals surface area contributed by atoms with Crippen LogP contribution in [0.15, 0.2) is 65.8 Å². The van der Waals surface area contributed by atoms with E-state index in [1.54, 1.807) is 6.08 Å². The smallest absolute Gasteiger partial charge is 0.331 e. The Kier molecular flexibility index (Phi) is 5.59. The van der Waals surface area contributed by atoms with Crippen LogP contribution in [0.3, 0.4) is 0 Å². The Labute approximate surface area is 152 Å². The summed E-state index contributed by atoms with van der Waals surface area (Å²) in [4.78, 5) is 24.0. The number of rotatable bonds is 5. The van der Waals surface area contributed by atoms with Gasteiger partial charge in [0.15, 0.2) is 6.61 Å². The van der Waals surface area contributed by atoms with Crippen molar-refractivity contribution in [2.24, 2.45) is 5.10 Å². The van der Waals surface area contributed by atoms with Crippen molar-refractivity contribution >= 4 is 23.7 Å². The lowest BCUT2D eigenvalue weighted by atomic mass is 10.1. The molecular weight excluding hydrogens is 328 g/mol. The highest BCUT2D eigenvalue weighted by Gasteiger charge is 2.22. The number of carbonyl (C=O) groups is 2. The number of carbonyl (C=O) groups excluding carboxylic acids is 2. The summed E-state index contributed by atoms with van der Waals surface area (Å²) in [5.74, 6) is -0.875. The number of hydrogen-bond acceptors (Lipinski definition) is 4. The monoisotopic (exact) mass is 348 g/mol. The summed E-state index contributed by atoms with van der Waals surface area (Å²) in [6.07, 6.45) is 3.68. The molecular formula is C21H20N2O3. The van der Waals surface area contributed by atoms with E-state index in [1.165, 1.54) is 11.1 Å². The molecule has 3 rings (SSSR count). The first-order valence-electron chi connectivity index (χ1n) is 8.46. The molecule has 0 spiro atoms. The van der Waals surface area contributed by atoms with Crippen LogP contribution in [-0.2, 0) is 14.3 Å². The number of esters is 1. The van der Waals surface area contributed by atoms with E-state index in [4.69, 9.17) is 4.74 Å². The van der Waals surface area contributed by atoms with Gasteiger partial charge in [-0.25, -0.2) is 9.80 Å². The number of ether oxygens (including phenoxy) is 1. The molecule has 5 heteroatoms. The standard InChI is InChI=1S/C21H20N2O3/c1-16-6-5-7-17(14-16)10-11-21(25)26-15-20(24)23-13-12-19(22-23)18-8-3-2-4-9-18/h2-11,14H,12-13,15H2,1H3/b11-10+. The van der Waals surface area contributed by atoms with Gasteiger partial charge in [-0.3, -0.25) is 4.79 Å². The van der Waals surface area contributed by atoms with Gasteiger partial charge in [-0.15, -0.1) is 0 Å². The zero-order chi connectivity index (χ0) is 18.4. The second-order valence-corrected chi connectivity index (χ2v) is 6.03. The Bertz CT molecular complexity index is 857. The van der Waals surface area contributed by atoms with Crippen LogP contribution < -0.4 is 0 Å². The highest BCUT2D eigenvalue weighted by molar-refractivity contribution is 6.02. The molecule has 0 aliphatic carbocycles. The largest absolute Gasteiger partial charge is 0.452 e. The molecule has 132 valence electrons. The predicted molar refractivity (Wildman–Crippen MR) is 100 cm³/mol. The number of amides is 1. The van der Waals surface area contributed by atoms with E-state index in [2.05, 4.69) is 5.10 Å². The Hall–Kier alpha value is -3.21. The molecule has 0 fully saturated rings. The molecule has 1 aliphatic heterocycles. The van der Waals surface area contributed by atoms with Crippen molar-refractivity contribution in [1.29, 1.82) is 0 Å². The van der Waals surface area contributed by atoms with Gasteiger partial charge in [-0.05, 0) is 24.1 Å². The van der Waals surface area contributed by atoms with Gasteiger partial charge in [0.05, 0.1) is 12.3 Å². The minimum absolute atomic E-state index is 0.317. The number of hydrogen-bond donors (Lipinski definition) is 0. The van der Waals surface area contributed by atoms with E-state index in [0.29, 0.717) is 13.0 Å². The van der Waals surface area contributed by atoms with Crippen LogP contribution in [0.25, 0.3) is 6.08 Å². The van der Waals surface area contributed by atoms with Crippen LogP contribution >= 0.6 is 0 Å². The van der Waals surface area contributed by atoms with Crippen LogP contribution in [0, 0.1) is 6.92 Å².